The lowest BCUT2D eigenvalue weighted by Crippen LogP contribution is -2.61. The van der Waals surface area contributed by atoms with Crippen LogP contribution in [0.2, 0.25) is 0 Å². The molecule has 3 aliphatic heterocycles. The van der Waals surface area contributed by atoms with Gasteiger partial charge in [-0.3, -0.25) is 62.7 Å². The first-order valence-corrected chi connectivity index (χ1v) is 30.9. The fourth-order valence-electron chi connectivity index (χ4n) is 11.1. The van der Waals surface area contributed by atoms with Crippen LogP contribution in [0.1, 0.15) is 81.9 Å². The first-order chi connectivity index (χ1) is 46.1. The highest BCUT2D eigenvalue weighted by Gasteiger charge is 2.41. The number of fused-ring (bicyclic) bond motifs is 1. The Bertz CT molecular complexity index is 3690. The van der Waals surface area contributed by atoms with Gasteiger partial charge in [0.15, 0.2) is 29.2 Å². The molecule has 0 aliphatic carbocycles. The molecule has 0 spiro atoms. The van der Waals surface area contributed by atoms with Crippen molar-refractivity contribution in [2.75, 3.05) is 32.8 Å². The number of nitrogens with zero attached hydrogens (tertiary/aromatic N) is 4. The minimum Gasteiger partial charge on any atom is -0.508 e. The molecule has 0 unspecified atom stereocenters. The van der Waals surface area contributed by atoms with Gasteiger partial charge in [0.25, 0.3) is 0 Å². The molecule has 35 heteroatoms. The average Bonchev–Trinajstić information content (AvgIpc) is 1.61. The van der Waals surface area contributed by atoms with E-state index >= 15 is 8.78 Å². The number of likely N-dealkylation sites (tertiary alicyclic amines) is 1. The molecule has 18 N–H and O–H groups in total. The lowest BCUT2D eigenvalue weighted by atomic mass is 9.98. The van der Waals surface area contributed by atoms with Crippen molar-refractivity contribution in [1.29, 1.82) is 0 Å². The second-order valence-electron chi connectivity index (χ2n) is 23.8. The third-order valence-corrected chi connectivity index (χ3v) is 16.1. The number of primary amides is 1. The van der Waals surface area contributed by atoms with Gasteiger partial charge in [-0.2, -0.15) is 0 Å². The molecule has 9 atom stereocenters. The number of carbonyl (C=O) groups excluding carboxylic acids is 11. The highest BCUT2D eigenvalue weighted by atomic mass is 19.2. The molecular weight excluding hydrogens is 1290 g/mol. The van der Waals surface area contributed by atoms with Crippen molar-refractivity contribution in [2.24, 2.45) is 38.1 Å². The Kier molecular flexibility index (Phi) is 26.0. The van der Waals surface area contributed by atoms with Crippen LogP contribution in [0.3, 0.4) is 0 Å². The first-order valence-electron chi connectivity index (χ1n) is 30.9. The van der Waals surface area contributed by atoms with Gasteiger partial charge in [0.1, 0.15) is 66.5 Å². The number of aliphatic hydroxyl groups is 1. The van der Waals surface area contributed by atoms with Crippen molar-refractivity contribution in [3.8, 4) is 5.75 Å². The van der Waals surface area contributed by atoms with Gasteiger partial charge in [0.05, 0.1) is 19.7 Å². The number of para-hydroxylation sites is 1. The Balaban J connectivity index is 1.18. The van der Waals surface area contributed by atoms with Gasteiger partial charge in [-0.15, -0.1) is 0 Å². The summed E-state index contributed by atoms with van der Waals surface area (Å²) < 4.78 is 75.8. The summed E-state index contributed by atoms with van der Waals surface area (Å²) in [6.07, 6.45) is 0.332. The molecule has 4 heterocycles. The Morgan fingerprint density at radius 2 is 1.25 bits per heavy atom. The maximum absolute atomic E-state index is 15.7. The van der Waals surface area contributed by atoms with Gasteiger partial charge >= 0.3 is 0 Å². The van der Waals surface area contributed by atoms with E-state index in [4.69, 9.17) is 17.2 Å². The van der Waals surface area contributed by atoms with Gasteiger partial charge in [0.2, 0.25) is 70.8 Å². The van der Waals surface area contributed by atoms with E-state index < -0.39 is 186 Å². The number of halogens is 5. The number of amides is 11. The number of benzene rings is 3. The number of guanidine groups is 1. The topological polar surface area (TPSA) is 471 Å². The smallest absolute Gasteiger partial charge is 0.245 e. The SMILES string of the molecule is CC(C)C[C@H](NC(=O)[C@@H](Cc1c(F)c(F)c(F)c(F)c1F)NC(=O)[C@H](Cc1ccc(O)cc1)NC(=O)[C@H](CO)NC(=O)[C@H](Cc1c[nH]c2ccccc12)NC(=O)[C@H](CC1=NC=NC1)NC(=O)[C@@H]1CCC(=O)N1)C(=O)N[C@@H](CCCN=C(N)N)C(=O)N1CCC[C@H]1C(=O)NCC(N)=O. The van der Waals surface area contributed by atoms with Crippen LogP contribution < -0.4 is 65.1 Å². The van der Waals surface area contributed by atoms with Crippen molar-refractivity contribution in [1.82, 2.24) is 57.7 Å². The van der Waals surface area contributed by atoms with Gasteiger partial charge in [-0.1, -0.05) is 44.2 Å². The van der Waals surface area contributed by atoms with Crippen molar-refractivity contribution >= 4 is 93.9 Å². The largest absolute Gasteiger partial charge is 0.508 e. The van der Waals surface area contributed by atoms with Gasteiger partial charge in [0, 0.05) is 73.6 Å². The number of rotatable bonds is 33. The summed E-state index contributed by atoms with van der Waals surface area (Å²) in [5.41, 5.74) is 16.2. The standard InChI is InChI=1S/C62H76F5N17O13/c1-29(2)19-39(54(90)77-38(9-5-17-72-62(69)70)61(97)84-18-6-10-45(84)60(96)74-26-46(68)87)78-58(94)43(23-35-48(63)50(65)52(67)51(66)49(35)64)82-55(91)40(20-30-11-13-33(86)14-12-30)79-59(95)44(27-85)83-56(92)41(21-31-24-73-36-8-4-3-7-34(31)36)80-57(93)42(22-32-25-71-28-75-32)81-53(89)37-15-16-47(88)76-37/h3-4,7-8,11-14,24,28-29,37-45,73,85-86H,5-6,9-10,15-23,25-27H2,1-2H3,(H2,68,87)(H,74,96)(H,76,88)(H,77,90)(H,78,94)(H,79,95)(H,80,93)(H,81,89)(H,82,91)(H,83,92)(H4,69,70,72)/t37-,38-,39-,40-,41-,42-,43+,44-,45-/m0/s1. The van der Waals surface area contributed by atoms with Crippen LogP contribution in [0.5, 0.6) is 5.75 Å². The lowest BCUT2D eigenvalue weighted by molar-refractivity contribution is -0.142. The Labute approximate surface area is 550 Å². The van der Waals surface area contributed by atoms with E-state index in [2.05, 4.69) is 67.8 Å². The molecule has 3 aliphatic rings. The van der Waals surface area contributed by atoms with Crippen LogP contribution in [0.25, 0.3) is 10.9 Å². The molecule has 522 valence electrons. The molecule has 97 heavy (non-hydrogen) atoms. The van der Waals surface area contributed by atoms with E-state index in [1.807, 2.05) is 0 Å². The number of aromatic amines is 1. The number of carbonyl (C=O) groups is 11. The zero-order chi connectivity index (χ0) is 70.8. The molecule has 7 rings (SSSR count). The second kappa shape index (κ2) is 34.2. The maximum atomic E-state index is 15.7. The van der Waals surface area contributed by atoms with E-state index in [0.29, 0.717) is 28.6 Å². The number of hydrogen-bond donors (Lipinski definition) is 15. The van der Waals surface area contributed by atoms with Crippen LogP contribution in [-0.2, 0) is 72.0 Å². The molecule has 11 amide bonds. The summed E-state index contributed by atoms with van der Waals surface area (Å²) in [5, 5.41) is 43.4. The Morgan fingerprint density at radius 1 is 0.680 bits per heavy atom. The monoisotopic (exact) mass is 1360 g/mol. The van der Waals surface area contributed by atoms with Crippen LogP contribution >= 0.6 is 0 Å². The Morgan fingerprint density at radius 3 is 1.84 bits per heavy atom. The number of aromatic hydroxyl groups is 1. The van der Waals surface area contributed by atoms with Crippen molar-refractivity contribution < 1.29 is 84.9 Å². The quantitative estimate of drug-likeness (QED) is 0.00603. The number of nitrogens with one attached hydrogen (secondary N) is 10. The van der Waals surface area contributed by atoms with E-state index in [1.165, 1.54) is 30.6 Å². The molecule has 2 fully saturated rings. The minimum atomic E-state index is -2.57. The highest BCUT2D eigenvalue weighted by Crippen LogP contribution is 2.26. The summed E-state index contributed by atoms with van der Waals surface area (Å²) in [4.78, 5) is 169. The second-order valence-corrected chi connectivity index (χ2v) is 23.8. The third-order valence-electron chi connectivity index (χ3n) is 16.1. The highest BCUT2D eigenvalue weighted by molar-refractivity contribution is 6.03. The van der Waals surface area contributed by atoms with Crippen LogP contribution in [0.4, 0.5) is 22.0 Å². The van der Waals surface area contributed by atoms with Crippen LogP contribution in [-0.4, -0.2) is 190 Å². The third kappa shape index (κ3) is 20.2. The summed E-state index contributed by atoms with van der Waals surface area (Å²) in [7, 11) is 0. The van der Waals surface area contributed by atoms with Gasteiger partial charge < -0.3 is 85.1 Å². The number of aliphatic imine (C=N–C) groups is 3. The molecule has 3 aromatic carbocycles. The number of nitrogens with two attached hydrogens (primary N) is 3. The fourth-order valence-corrected chi connectivity index (χ4v) is 11.1. The number of phenolic OH excluding ortho intramolecular Hbond substituents is 1. The zero-order valence-corrected chi connectivity index (χ0v) is 52.7. The van der Waals surface area contributed by atoms with Crippen molar-refractivity contribution in [2.45, 2.75) is 139 Å². The fraction of sp³-hybridized carbons (Fsp3) is 0.452. The van der Waals surface area contributed by atoms with E-state index in [0.717, 1.165) is 4.90 Å². The molecule has 1 aromatic heterocycles. The molecule has 30 nitrogen and oxygen atoms in total. The molecule has 0 saturated carbocycles. The van der Waals surface area contributed by atoms with E-state index in [-0.39, 0.29) is 88.3 Å². The molecule has 0 radical (unpaired) electrons. The number of aliphatic hydroxyl groups excluding tert-OH is 1. The number of H-pyrrole nitrogens is 1. The molecular formula is C62H76F5N17O13. The lowest BCUT2D eigenvalue weighted by Gasteiger charge is -2.30. The van der Waals surface area contributed by atoms with Gasteiger partial charge in [-0.25, -0.2) is 26.9 Å². The predicted octanol–water partition coefficient (Wildman–Crippen LogP) is -2.17. The molecule has 4 aromatic rings. The van der Waals surface area contributed by atoms with Crippen molar-refractivity contribution in [3.05, 3.63) is 101 Å². The van der Waals surface area contributed by atoms with Gasteiger partial charge in [-0.05, 0) is 73.8 Å². The Hall–Kier alpha value is -10.6. The number of hydrogen-bond acceptors (Lipinski definition) is 16. The molecule has 0 bridgehead atoms. The van der Waals surface area contributed by atoms with E-state index in [1.54, 1.807) is 44.3 Å². The minimum absolute atomic E-state index is 0.0121. The van der Waals surface area contributed by atoms with E-state index in [9.17, 15) is 76.1 Å². The summed E-state index contributed by atoms with van der Waals surface area (Å²) >= 11 is 0. The zero-order valence-electron chi connectivity index (χ0n) is 52.7. The maximum Gasteiger partial charge on any atom is 0.245 e. The van der Waals surface area contributed by atoms with Crippen LogP contribution in [0.15, 0.2) is 69.7 Å². The first kappa shape index (κ1) is 73.8. The normalized spacial score (nSPS) is 17.1. The summed E-state index contributed by atoms with van der Waals surface area (Å²) in [5.74, 6) is -24.3. The predicted molar refractivity (Wildman–Crippen MR) is 337 cm³/mol. The number of phenols is 1. The number of aromatic nitrogens is 1. The average molecular weight is 1360 g/mol. The summed E-state index contributed by atoms with van der Waals surface area (Å²) in [6, 6.07) is -3.02. The van der Waals surface area contributed by atoms with Crippen molar-refractivity contribution in [3.63, 3.8) is 0 Å². The molecule has 2 saturated heterocycles. The van der Waals surface area contributed by atoms with Crippen LogP contribution in [0, 0.1) is 35.0 Å². The summed E-state index contributed by atoms with van der Waals surface area (Å²) in [6.45, 7) is 1.44.